The molecule has 112 valence electrons. The highest BCUT2D eigenvalue weighted by molar-refractivity contribution is 7.89. The van der Waals surface area contributed by atoms with E-state index in [1.807, 2.05) is 0 Å². The summed E-state index contributed by atoms with van der Waals surface area (Å²) < 4.78 is 28.0. The maximum atomic E-state index is 12.0. The van der Waals surface area contributed by atoms with Crippen LogP contribution in [0.25, 0.3) is 0 Å². The molecule has 1 saturated carbocycles. The lowest BCUT2D eigenvalue weighted by molar-refractivity contribution is -0.137. The zero-order chi connectivity index (χ0) is 15.0. The summed E-state index contributed by atoms with van der Waals surface area (Å²) >= 11 is 0. The van der Waals surface area contributed by atoms with Gasteiger partial charge in [-0.3, -0.25) is 9.48 Å². The smallest absolute Gasteiger partial charge is 0.305 e. The number of carboxylic acids is 1. The second-order valence-electron chi connectivity index (χ2n) is 5.82. The van der Waals surface area contributed by atoms with E-state index in [0.29, 0.717) is 12.5 Å². The fourth-order valence-corrected chi connectivity index (χ4v) is 3.07. The lowest BCUT2D eigenvalue weighted by Crippen LogP contribution is -2.26. The highest BCUT2D eigenvalue weighted by Crippen LogP contribution is 2.51. The quantitative estimate of drug-likeness (QED) is 0.771. The van der Waals surface area contributed by atoms with Crippen molar-refractivity contribution in [1.82, 2.24) is 14.5 Å². The highest BCUT2D eigenvalue weighted by atomic mass is 32.2. The summed E-state index contributed by atoms with van der Waals surface area (Å²) in [6.45, 7) is 4.79. The molecule has 2 N–H and O–H groups in total. The van der Waals surface area contributed by atoms with Gasteiger partial charge >= 0.3 is 5.97 Å². The molecular weight excluding hydrogens is 282 g/mol. The molecule has 20 heavy (non-hydrogen) atoms. The fraction of sp³-hybridized carbons (Fsp3) is 0.667. The second-order valence-corrected chi connectivity index (χ2v) is 7.59. The normalized spacial score (nSPS) is 20.8. The van der Waals surface area contributed by atoms with Gasteiger partial charge in [0.2, 0.25) is 10.0 Å². The number of rotatable bonds is 7. The molecule has 0 amide bonds. The zero-order valence-corrected chi connectivity index (χ0v) is 12.4. The van der Waals surface area contributed by atoms with Gasteiger partial charge in [-0.1, -0.05) is 13.8 Å². The second kappa shape index (κ2) is 5.17. The van der Waals surface area contributed by atoms with E-state index in [0.717, 1.165) is 6.42 Å². The Morgan fingerprint density at radius 2 is 2.25 bits per heavy atom. The lowest BCUT2D eigenvalue weighted by atomic mass is 10.1. The molecule has 1 fully saturated rings. The Hall–Kier alpha value is -1.41. The third-order valence-corrected chi connectivity index (χ3v) is 5.09. The molecule has 1 aliphatic rings. The van der Waals surface area contributed by atoms with Crippen molar-refractivity contribution in [3.8, 4) is 0 Å². The van der Waals surface area contributed by atoms with Crippen molar-refractivity contribution in [2.45, 2.75) is 38.1 Å². The van der Waals surface area contributed by atoms with Gasteiger partial charge in [-0.2, -0.15) is 5.10 Å². The van der Waals surface area contributed by atoms with E-state index in [4.69, 9.17) is 5.11 Å². The van der Waals surface area contributed by atoms with Gasteiger partial charge in [0.25, 0.3) is 0 Å². The average molecular weight is 301 g/mol. The van der Waals surface area contributed by atoms with Crippen LogP contribution in [0, 0.1) is 11.3 Å². The number of nitrogens with zero attached hydrogens (tertiary/aromatic N) is 2. The van der Waals surface area contributed by atoms with Crippen LogP contribution in [0.5, 0.6) is 0 Å². The van der Waals surface area contributed by atoms with Crippen molar-refractivity contribution in [2.75, 3.05) is 6.54 Å². The van der Waals surface area contributed by atoms with E-state index >= 15 is 0 Å². The molecule has 1 aromatic rings. The Bertz CT molecular complexity index is 606. The number of carbonyl (C=O) groups is 1. The first-order valence-corrected chi connectivity index (χ1v) is 7.93. The molecule has 0 radical (unpaired) electrons. The Morgan fingerprint density at radius 3 is 2.80 bits per heavy atom. The monoisotopic (exact) mass is 301 g/mol. The van der Waals surface area contributed by atoms with Crippen LogP contribution in [0.15, 0.2) is 17.3 Å². The predicted octanol–water partition coefficient (Wildman–Crippen LogP) is 0.682. The van der Waals surface area contributed by atoms with E-state index in [-0.39, 0.29) is 23.3 Å². The van der Waals surface area contributed by atoms with Gasteiger partial charge in [-0.15, -0.1) is 0 Å². The van der Waals surface area contributed by atoms with Gasteiger partial charge in [0.05, 0.1) is 19.2 Å². The van der Waals surface area contributed by atoms with Gasteiger partial charge in [0.15, 0.2) is 0 Å². The first kappa shape index (κ1) is 15.0. The lowest BCUT2D eigenvalue weighted by Gasteiger charge is -2.05. The van der Waals surface area contributed by atoms with Crippen LogP contribution < -0.4 is 4.72 Å². The van der Waals surface area contributed by atoms with Crippen molar-refractivity contribution in [3.05, 3.63) is 12.4 Å². The summed E-state index contributed by atoms with van der Waals surface area (Å²) in [6.07, 6.45) is 3.52. The van der Waals surface area contributed by atoms with Crippen molar-refractivity contribution in [2.24, 2.45) is 11.3 Å². The number of aryl methyl sites for hydroxylation is 1. The molecule has 1 aliphatic carbocycles. The van der Waals surface area contributed by atoms with Gasteiger partial charge in [0.1, 0.15) is 4.90 Å². The number of carboxylic acid groups (broad SMARTS) is 1. The van der Waals surface area contributed by atoms with Gasteiger partial charge in [0, 0.05) is 12.7 Å². The number of sulfonamides is 1. The summed E-state index contributed by atoms with van der Waals surface area (Å²) in [6, 6.07) is 0. The minimum absolute atomic E-state index is 0.0707. The molecule has 1 heterocycles. The van der Waals surface area contributed by atoms with E-state index in [9.17, 15) is 13.2 Å². The van der Waals surface area contributed by atoms with Crippen molar-refractivity contribution >= 4 is 16.0 Å². The molecule has 0 saturated heterocycles. The Labute approximate surface area is 118 Å². The maximum Gasteiger partial charge on any atom is 0.305 e. The van der Waals surface area contributed by atoms with Crippen LogP contribution >= 0.6 is 0 Å². The summed E-state index contributed by atoms with van der Waals surface area (Å²) in [5.41, 5.74) is 0.216. The topological polar surface area (TPSA) is 101 Å². The van der Waals surface area contributed by atoms with Gasteiger partial charge < -0.3 is 5.11 Å². The maximum absolute atomic E-state index is 12.0. The molecular formula is C12H19N3O4S. The number of aliphatic carboxylic acids is 1. The zero-order valence-electron chi connectivity index (χ0n) is 11.5. The molecule has 1 atom stereocenters. The standard InChI is InChI=1S/C12H19N3O4S/c1-12(2)5-9(12)6-14-20(18,19)10-7-13-15(8-10)4-3-11(16)17/h7-9,14H,3-6H2,1-2H3,(H,16,17). The predicted molar refractivity (Wildman–Crippen MR) is 71.6 cm³/mol. The Kier molecular flexibility index (Phi) is 3.88. The molecule has 0 bridgehead atoms. The molecule has 0 aliphatic heterocycles. The van der Waals surface area contributed by atoms with Gasteiger partial charge in [-0.25, -0.2) is 13.1 Å². The molecule has 0 spiro atoms. The number of aromatic nitrogens is 2. The minimum atomic E-state index is -3.56. The Morgan fingerprint density at radius 1 is 1.60 bits per heavy atom. The van der Waals surface area contributed by atoms with Crippen LogP contribution in [0.3, 0.4) is 0 Å². The number of hydrogen-bond donors (Lipinski definition) is 2. The average Bonchev–Trinajstić information content (AvgIpc) is 2.77. The molecule has 1 aromatic heterocycles. The highest BCUT2D eigenvalue weighted by Gasteiger charge is 2.45. The molecule has 7 nitrogen and oxygen atoms in total. The molecule has 2 rings (SSSR count). The SMILES string of the molecule is CC1(C)CC1CNS(=O)(=O)c1cnn(CCC(=O)O)c1. The largest absolute Gasteiger partial charge is 0.481 e. The van der Waals surface area contributed by atoms with Crippen LogP contribution in [0.4, 0.5) is 0 Å². The molecule has 8 heteroatoms. The fourth-order valence-electron chi connectivity index (χ4n) is 2.03. The summed E-state index contributed by atoms with van der Waals surface area (Å²) in [4.78, 5) is 10.5. The molecule has 1 unspecified atom stereocenters. The summed E-state index contributed by atoms with van der Waals surface area (Å²) in [5, 5.41) is 12.4. The Balaban J connectivity index is 1.94. The third-order valence-electron chi connectivity index (χ3n) is 3.71. The van der Waals surface area contributed by atoms with Crippen LogP contribution in [0.2, 0.25) is 0 Å². The van der Waals surface area contributed by atoms with Crippen LogP contribution in [-0.4, -0.2) is 35.8 Å². The van der Waals surface area contributed by atoms with E-state index in [1.54, 1.807) is 0 Å². The first-order valence-electron chi connectivity index (χ1n) is 6.45. The number of nitrogens with one attached hydrogen (secondary N) is 1. The van der Waals surface area contributed by atoms with E-state index in [1.165, 1.54) is 17.1 Å². The van der Waals surface area contributed by atoms with Crippen molar-refractivity contribution in [3.63, 3.8) is 0 Å². The van der Waals surface area contributed by atoms with E-state index < -0.39 is 16.0 Å². The number of hydrogen-bond acceptors (Lipinski definition) is 4. The molecule has 0 aromatic carbocycles. The van der Waals surface area contributed by atoms with Crippen molar-refractivity contribution in [1.29, 1.82) is 0 Å². The van der Waals surface area contributed by atoms with Crippen LogP contribution in [0.1, 0.15) is 26.7 Å². The summed E-state index contributed by atoms with van der Waals surface area (Å²) in [7, 11) is -3.56. The van der Waals surface area contributed by atoms with E-state index in [2.05, 4.69) is 23.7 Å². The summed E-state index contributed by atoms with van der Waals surface area (Å²) in [5.74, 6) is -0.571. The van der Waals surface area contributed by atoms with Crippen LogP contribution in [-0.2, 0) is 21.4 Å². The minimum Gasteiger partial charge on any atom is -0.481 e. The van der Waals surface area contributed by atoms with Crippen molar-refractivity contribution < 1.29 is 18.3 Å². The first-order chi connectivity index (χ1) is 9.21. The third kappa shape index (κ3) is 3.57. The van der Waals surface area contributed by atoms with Gasteiger partial charge in [-0.05, 0) is 17.8 Å².